The van der Waals surface area contributed by atoms with Crippen LogP contribution in [0.1, 0.15) is 46.4 Å². The summed E-state index contributed by atoms with van der Waals surface area (Å²) in [4.78, 5) is 11.0. The summed E-state index contributed by atoms with van der Waals surface area (Å²) in [6.45, 7) is 9.56. The van der Waals surface area contributed by atoms with Gasteiger partial charge in [-0.25, -0.2) is 9.97 Å². The van der Waals surface area contributed by atoms with Crippen molar-refractivity contribution in [1.29, 1.82) is 0 Å². The minimum Gasteiger partial charge on any atom is -0.388 e. The predicted octanol–water partition coefficient (Wildman–Crippen LogP) is 1.71. The molecule has 1 aromatic heterocycles. The summed E-state index contributed by atoms with van der Waals surface area (Å²) in [5.74, 6) is 2.05. The van der Waals surface area contributed by atoms with Gasteiger partial charge in [0.25, 0.3) is 0 Å². The van der Waals surface area contributed by atoms with E-state index in [4.69, 9.17) is 5.73 Å². The van der Waals surface area contributed by atoms with Crippen LogP contribution in [0.15, 0.2) is 6.07 Å². The number of aliphatic hydroxyl groups is 1. The van der Waals surface area contributed by atoms with Crippen molar-refractivity contribution >= 4 is 11.6 Å². The first-order chi connectivity index (χ1) is 8.67. The summed E-state index contributed by atoms with van der Waals surface area (Å²) >= 11 is 0. The number of nitrogen functional groups attached to an aromatic ring is 1. The van der Waals surface area contributed by atoms with Crippen molar-refractivity contribution in [2.75, 3.05) is 23.7 Å². The summed E-state index contributed by atoms with van der Waals surface area (Å²) in [6, 6.07) is 1.79. The lowest BCUT2D eigenvalue weighted by Gasteiger charge is -2.37. The third-order valence-electron chi connectivity index (χ3n) is 3.40. The molecule has 1 atom stereocenters. The lowest BCUT2D eigenvalue weighted by Crippen LogP contribution is -2.46. The second kappa shape index (κ2) is 4.63. The molecule has 0 bridgehead atoms. The van der Waals surface area contributed by atoms with Crippen molar-refractivity contribution in [3.8, 4) is 0 Å². The fourth-order valence-electron chi connectivity index (χ4n) is 2.37. The molecule has 106 valence electrons. The molecule has 0 spiro atoms. The molecule has 1 aliphatic rings. The summed E-state index contributed by atoms with van der Waals surface area (Å²) in [6.07, 6.45) is 1.79. The van der Waals surface area contributed by atoms with Gasteiger partial charge in [-0.2, -0.15) is 0 Å². The van der Waals surface area contributed by atoms with Crippen LogP contribution in [-0.2, 0) is 5.41 Å². The third-order valence-corrected chi connectivity index (χ3v) is 3.40. The van der Waals surface area contributed by atoms with Crippen LogP contribution in [0.3, 0.4) is 0 Å². The van der Waals surface area contributed by atoms with E-state index < -0.39 is 5.60 Å². The van der Waals surface area contributed by atoms with E-state index in [0.29, 0.717) is 12.4 Å². The fraction of sp³-hybridized carbons (Fsp3) is 0.714. The van der Waals surface area contributed by atoms with Gasteiger partial charge in [-0.3, -0.25) is 0 Å². The molecule has 1 aromatic rings. The monoisotopic (exact) mass is 264 g/mol. The zero-order valence-electron chi connectivity index (χ0n) is 12.3. The Hall–Kier alpha value is -1.36. The molecule has 0 radical (unpaired) electrons. The van der Waals surface area contributed by atoms with E-state index in [1.807, 2.05) is 6.92 Å². The molecule has 1 unspecified atom stereocenters. The largest absolute Gasteiger partial charge is 0.388 e. The van der Waals surface area contributed by atoms with Gasteiger partial charge in [0, 0.05) is 24.6 Å². The molecule has 0 amide bonds. The zero-order chi connectivity index (χ0) is 14.3. The van der Waals surface area contributed by atoms with Gasteiger partial charge in [0.2, 0.25) is 0 Å². The Balaban J connectivity index is 2.32. The van der Waals surface area contributed by atoms with Crippen LogP contribution in [0.25, 0.3) is 0 Å². The fourth-order valence-corrected chi connectivity index (χ4v) is 2.37. The highest BCUT2D eigenvalue weighted by Crippen LogP contribution is 2.27. The highest BCUT2D eigenvalue weighted by atomic mass is 16.3. The van der Waals surface area contributed by atoms with E-state index in [0.717, 1.165) is 31.0 Å². The molecular formula is C14H24N4O. The van der Waals surface area contributed by atoms with Gasteiger partial charge in [0.05, 0.1) is 5.60 Å². The predicted molar refractivity (Wildman–Crippen MR) is 77.2 cm³/mol. The van der Waals surface area contributed by atoms with Crippen molar-refractivity contribution in [1.82, 2.24) is 9.97 Å². The molecule has 0 saturated carbocycles. The van der Waals surface area contributed by atoms with E-state index in [2.05, 4.69) is 35.6 Å². The summed E-state index contributed by atoms with van der Waals surface area (Å²) < 4.78 is 0. The average Bonchev–Trinajstić information content (AvgIpc) is 2.25. The summed E-state index contributed by atoms with van der Waals surface area (Å²) in [5, 5.41) is 10.2. The molecule has 2 rings (SSSR count). The smallest absolute Gasteiger partial charge is 0.138 e. The molecule has 1 fully saturated rings. The van der Waals surface area contributed by atoms with Gasteiger partial charge in [-0.1, -0.05) is 20.8 Å². The maximum absolute atomic E-state index is 10.2. The zero-order valence-corrected chi connectivity index (χ0v) is 12.3. The maximum atomic E-state index is 10.2. The molecule has 1 aliphatic heterocycles. The van der Waals surface area contributed by atoms with Crippen molar-refractivity contribution in [2.45, 2.75) is 51.6 Å². The maximum Gasteiger partial charge on any atom is 0.138 e. The number of hydrogen-bond acceptors (Lipinski definition) is 5. The van der Waals surface area contributed by atoms with Crippen LogP contribution >= 0.6 is 0 Å². The number of piperidine rings is 1. The molecule has 3 N–H and O–H groups in total. The lowest BCUT2D eigenvalue weighted by molar-refractivity contribution is 0.0447. The van der Waals surface area contributed by atoms with Crippen LogP contribution in [-0.4, -0.2) is 33.8 Å². The quantitative estimate of drug-likeness (QED) is 0.807. The van der Waals surface area contributed by atoms with Crippen LogP contribution in [0.4, 0.5) is 11.6 Å². The van der Waals surface area contributed by atoms with Crippen molar-refractivity contribution in [3.05, 3.63) is 11.9 Å². The van der Waals surface area contributed by atoms with E-state index in [-0.39, 0.29) is 5.41 Å². The number of nitrogens with two attached hydrogens (primary N) is 1. The number of anilines is 2. The topological polar surface area (TPSA) is 75.3 Å². The van der Waals surface area contributed by atoms with E-state index in [9.17, 15) is 5.11 Å². The Kier molecular flexibility index (Phi) is 3.43. The van der Waals surface area contributed by atoms with Gasteiger partial charge >= 0.3 is 0 Å². The van der Waals surface area contributed by atoms with Crippen LogP contribution < -0.4 is 10.6 Å². The number of aromatic nitrogens is 2. The molecule has 5 nitrogen and oxygen atoms in total. The van der Waals surface area contributed by atoms with Crippen molar-refractivity contribution in [2.24, 2.45) is 0 Å². The number of rotatable bonds is 1. The van der Waals surface area contributed by atoms with Gasteiger partial charge in [-0.15, -0.1) is 0 Å². The number of nitrogens with zero attached hydrogens (tertiary/aromatic N) is 3. The molecular weight excluding hydrogens is 240 g/mol. The minimum atomic E-state index is -0.653. The van der Waals surface area contributed by atoms with Crippen LogP contribution in [0, 0.1) is 0 Å². The van der Waals surface area contributed by atoms with E-state index >= 15 is 0 Å². The minimum absolute atomic E-state index is 0.136. The average molecular weight is 264 g/mol. The highest BCUT2D eigenvalue weighted by molar-refractivity contribution is 5.48. The first kappa shape index (κ1) is 14.1. The SMILES string of the molecule is CC1(O)CCCN(c2cc(N)nc(C(C)(C)C)n2)C1. The van der Waals surface area contributed by atoms with E-state index in [1.54, 1.807) is 6.07 Å². The number of β-amino-alcohol motifs (C(OH)–C–C–N with tert-alkyl or cyclic N) is 1. The highest BCUT2D eigenvalue weighted by Gasteiger charge is 2.30. The molecule has 2 heterocycles. The molecule has 19 heavy (non-hydrogen) atoms. The molecule has 0 aliphatic carbocycles. The first-order valence-corrected chi connectivity index (χ1v) is 6.80. The normalized spacial score (nSPS) is 24.6. The Morgan fingerprint density at radius 3 is 2.63 bits per heavy atom. The Morgan fingerprint density at radius 1 is 1.37 bits per heavy atom. The molecule has 5 heteroatoms. The van der Waals surface area contributed by atoms with Crippen molar-refractivity contribution in [3.63, 3.8) is 0 Å². The van der Waals surface area contributed by atoms with Crippen LogP contribution in [0.5, 0.6) is 0 Å². The standard InChI is InChI=1S/C14H24N4O/c1-13(2,3)12-16-10(15)8-11(17-12)18-7-5-6-14(4,19)9-18/h8,19H,5-7,9H2,1-4H3,(H2,15,16,17). The Bertz CT molecular complexity index is 465. The first-order valence-electron chi connectivity index (χ1n) is 6.80. The van der Waals surface area contributed by atoms with Gasteiger partial charge < -0.3 is 15.7 Å². The van der Waals surface area contributed by atoms with Gasteiger partial charge in [0.1, 0.15) is 17.5 Å². The summed E-state index contributed by atoms with van der Waals surface area (Å²) in [7, 11) is 0. The third kappa shape index (κ3) is 3.35. The molecule has 0 aromatic carbocycles. The second-order valence-electron chi connectivity index (χ2n) is 6.75. The lowest BCUT2D eigenvalue weighted by atomic mass is 9.94. The Morgan fingerprint density at radius 2 is 2.05 bits per heavy atom. The summed E-state index contributed by atoms with van der Waals surface area (Å²) in [5.41, 5.74) is 5.10. The van der Waals surface area contributed by atoms with Crippen molar-refractivity contribution < 1.29 is 5.11 Å². The van der Waals surface area contributed by atoms with Crippen LogP contribution in [0.2, 0.25) is 0 Å². The Labute approximate surface area is 114 Å². The number of hydrogen-bond donors (Lipinski definition) is 2. The second-order valence-corrected chi connectivity index (χ2v) is 6.75. The molecule has 1 saturated heterocycles. The van der Waals surface area contributed by atoms with Gasteiger partial charge in [0.15, 0.2) is 0 Å². The van der Waals surface area contributed by atoms with E-state index in [1.165, 1.54) is 0 Å². The van der Waals surface area contributed by atoms with Gasteiger partial charge in [-0.05, 0) is 19.8 Å².